The van der Waals surface area contributed by atoms with Gasteiger partial charge in [-0.15, -0.1) is 0 Å². The normalized spacial score (nSPS) is 11.6. The van der Waals surface area contributed by atoms with Crippen molar-refractivity contribution >= 4 is 21.7 Å². The predicted molar refractivity (Wildman–Crippen MR) is 130 cm³/mol. The first-order chi connectivity index (χ1) is 17.1. The Hall–Kier alpha value is -3.54. The summed E-state index contributed by atoms with van der Waals surface area (Å²) in [6, 6.07) is 13.1. The van der Waals surface area contributed by atoms with Crippen molar-refractivity contribution in [3.63, 3.8) is 0 Å². The van der Waals surface area contributed by atoms with Crippen molar-refractivity contribution in [2.45, 2.75) is 17.9 Å². The summed E-state index contributed by atoms with van der Waals surface area (Å²) in [5, 5.41) is 9.00. The Balaban J connectivity index is 2.02. The molecule has 0 saturated carbocycles. The van der Waals surface area contributed by atoms with Crippen molar-refractivity contribution in [1.29, 1.82) is 0 Å². The Kier molecular flexibility index (Phi) is 8.97. The zero-order valence-electron chi connectivity index (χ0n) is 19.5. The first-order valence-corrected chi connectivity index (χ1v) is 12.3. The SMILES string of the molecule is COCCCN(Cc1ccc(OCC(=O)O)c(-c2cc(N)cc(F)c2)c1)S(=O)(=O)c1ccc(F)cc1. The number of nitrogen functional groups attached to an aromatic ring is 1. The number of rotatable bonds is 12. The molecular formula is C25H26F2N2O6S. The number of nitrogens with two attached hydrogens (primary N) is 1. The fourth-order valence-corrected chi connectivity index (χ4v) is 5.03. The molecule has 192 valence electrons. The number of methoxy groups -OCH3 is 1. The number of carboxylic acid groups (broad SMARTS) is 1. The van der Waals surface area contributed by atoms with E-state index in [1.165, 1.54) is 41.7 Å². The molecule has 0 heterocycles. The lowest BCUT2D eigenvalue weighted by atomic mass is 10.0. The van der Waals surface area contributed by atoms with Crippen LogP contribution in [-0.4, -0.2) is 50.7 Å². The molecule has 0 atom stereocenters. The smallest absolute Gasteiger partial charge is 0.341 e. The third kappa shape index (κ3) is 7.00. The van der Waals surface area contributed by atoms with E-state index in [1.807, 2.05) is 0 Å². The minimum Gasteiger partial charge on any atom is -0.481 e. The molecule has 0 bridgehead atoms. The van der Waals surface area contributed by atoms with Crippen LogP contribution in [0, 0.1) is 11.6 Å². The third-order valence-corrected chi connectivity index (χ3v) is 7.05. The lowest BCUT2D eigenvalue weighted by Gasteiger charge is -2.23. The van der Waals surface area contributed by atoms with E-state index in [0.29, 0.717) is 29.7 Å². The average molecular weight is 521 g/mol. The van der Waals surface area contributed by atoms with Gasteiger partial charge in [-0.05, 0) is 72.1 Å². The second-order valence-electron chi connectivity index (χ2n) is 7.93. The van der Waals surface area contributed by atoms with Crippen molar-refractivity contribution in [3.05, 3.63) is 77.9 Å². The first kappa shape index (κ1) is 27.1. The molecule has 0 spiro atoms. The molecule has 0 unspecified atom stereocenters. The molecule has 8 nitrogen and oxygen atoms in total. The number of nitrogens with zero attached hydrogens (tertiary/aromatic N) is 1. The largest absolute Gasteiger partial charge is 0.481 e. The molecule has 0 aliphatic heterocycles. The van der Waals surface area contributed by atoms with E-state index in [0.717, 1.165) is 18.2 Å². The van der Waals surface area contributed by atoms with Crippen LogP contribution in [-0.2, 0) is 26.1 Å². The third-order valence-electron chi connectivity index (χ3n) is 5.19. The number of ether oxygens (including phenoxy) is 2. The van der Waals surface area contributed by atoms with Crippen molar-refractivity contribution in [2.75, 3.05) is 32.6 Å². The van der Waals surface area contributed by atoms with Gasteiger partial charge in [-0.1, -0.05) is 6.07 Å². The highest BCUT2D eigenvalue weighted by atomic mass is 32.2. The van der Waals surface area contributed by atoms with Gasteiger partial charge in [0.2, 0.25) is 10.0 Å². The van der Waals surface area contributed by atoms with Gasteiger partial charge in [0.15, 0.2) is 6.61 Å². The highest BCUT2D eigenvalue weighted by Gasteiger charge is 2.25. The molecule has 0 aliphatic rings. The van der Waals surface area contributed by atoms with Crippen LogP contribution < -0.4 is 10.5 Å². The molecular weight excluding hydrogens is 494 g/mol. The van der Waals surface area contributed by atoms with Crippen LogP contribution in [0.4, 0.5) is 14.5 Å². The van der Waals surface area contributed by atoms with Crippen LogP contribution in [0.25, 0.3) is 11.1 Å². The Bertz CT molecular complexity index is 1300. The number of halogens is 2. The highest BCUT2D eigenvalue weighted by Crippen LogP contribution is 2.34. The predicted octanol–water partition coefficient (Wildman–Crippen LogP) is 3.90. The molecule has 3 rings (SSSR count). The van der Waals surface area contributed by atoms with Gasteiger partial charge in [0, 0.05) is 38.1 Å². The number of hydrogen-bond acceptors (Lipinski definition) is 6. The topological polar surface area (TPSA) is 119 Å². The van der Waals surface area contributed by atoms with Gasteiger partial charge in [-0.3, -0.25) is 0 Å². The quantitative estimate of drug-likeness (QED) is 0.275. The van der Waals surface area contributed by atoms with Gasteiger partial charge in [-0.25, -0.2) is 22.0 Å². The minimum atomic E-state index is -4.00. The van der Waals surface area contributed by atoms with Crippen molar-refractivity contribution < 1.29 is 36.6 Å². The standard InChI is InChI=1S/C25H26F2N2O6S/c1-34-10-2-9-29(36(32,33)22-6-4-19(26)5-7-22)15-17-3-8-24(35-16-25(30)31)23(11-17)18-12-20(27)14-21(28)13-18/h3-8,11-14H,2,9-10,15-16,28H2,1H3,(H,30,31). The number of sulfonamides is 1. The summed E-state index contributed by atoms with van der Waals surface area (Å²) in [4.78, 5) is 11.0. The van der Waals surface area contributed by atoms with Gasteiger partial charge < -0.3 is 20.3 Å². The van der Waals surface area contributed by atoms with Crippen molar-refractivity contribution in [2.24, 2.45) is 0 Å². The summed E-state index contributed by atoms with van der Waals surface area (Å²) < 4.78 is 65.8. The number of hydrogen-bond donors (Lipinski definition) is 2. The summed E-state index contributed by atoms with van der Waals surface area (Å²) in [6.45, 7) is -0.252. The second-order valence-corrected chi connectivity index (χ2v) is 9.86. The number of carbonyl (C=O) groups is 1. The fourth-order valence-electron chi connectivity index (χ4n) is 3.56. The van der Waals surface area contributed by atoms with Gasteiger partial charge >= 0.3 is 5.97 Å². The first-order valence-electron chi connectivity index (χ1n) is 10.9. The molecule has 3 aromatic rings. The monoisotopic (exact) mass is 520 g/mol. The minimum absolute atomic E-state index is 0.0687. The molecule has 3 N–H and O–H groups in total. The van der Waals surface area contributed by atoms with Gasteiger partial charge in [0.1, 0.15) is 17.4 Å². The maximum atomic E-state index is 14.1. The van der Waals surface area contributed by atoms with Crippen LogP contribution in [0.1, 0.15) is 12.0 Å². The molecule has 0 amide bonds. The van der Waals surface area contributed by atoms with Crippen LogP contribution in [0.2, 0.25) is 0 Å². The maximum absolute atomic E-state index is 14.1. The van der Waals surface area contributed by atoms with Gasteiger partial charge in [0.25, 0.3) is 0 Å². The molecule has 36 heavy (non-hydrogen) atoms. The fraction of sp³-hybridized carbons (Fsp3) is 0.240. The van der Waals surface area contributed by atoms with Crippen LogP contribution in [0.3, 0.4) is 0 Å². The van der Waals surface area contributed by atoms with E-state index in [1.54, 1.807) is 12.1 Å². The molecule has 11 heteroatoms. The van der Waals surface area contributed by atoms with E-state index in [-0.39, 0.29) is 29.4 Å². The summed E-state index contributed by atoms with van der Waals surface area (Å²) >= 11 is 0. The molecule has 0 aromatic heterocycles. The lowest BCUT2D eigenvalue weighted by Crippen LogP contribution is -2.32. The number of aliphatic carboxylic acids is 1. The molecule has 0 radical (unpaired) electrons. The Labute approximate surface area is 207 Å². The summed E-state index contributed by atoms with van der Waals surface area (Å²) in [5.41, 5.74) is 7.14. The van der Waals surface area contributed by atoms with E-state index in [2.05, 4.69) is 0 Å². The zero-order chi connectivity index (χ0) is 26.3. The van der Waals surface area contributed by atoms with Crippen LogP contribution in [0.15, 0.2) is 65.6 Å². The molecule has 0 fully saturated rings. The van der Waals surface area contributed by atoms with E-state index < -0.39 is 34.2 Å². The number of anilines is 1. The molecule has 3 aromatic carbocycles. The second kappa shape index (κ2) is 11.9. The van der Waals surface area contributed by atoms with Crippen molar-refractivity contribution in [1.82, 2.24) is 4.31 Å². The Morgan fingerprint density at radius 2 is 1.75 bits per heavy atom. The van der Waals surface area contributed by atoms with E-state index in [4.69, 9.17) is 20.3 Å². The zero-order valence-corrected chi connectivity index (χ0v) is 20.3. The summed E-state index contributed by atoms with van der Waals surface area (Å²) in [5.74, 6) is -2.19. The van der Waals surface area contributed by atoms with Gasteiger partial charge in [-0.2, -0.15) is 4.31 Å². The Morgan fingerprint density at radius 1 is 1.03 bits per heavy atom. The van der Waals surface area contributed by atoms with Gasteiger partial charge in [0.05, 0.1) is 4.90 Å². The number of benzene rings is 3. The highest BCUT2D eigenvalue weighted by molar-refractivity contribution is 7.89. The maximum Gasteiger partial charge on any atom is 0.341 e. The molecule has 0 aliphatic carbocycles. The Morgan fingerprint density at radius 3 is 2.39 bits per heavy atom. The van der Waals surface area contributed by atoms with Crippen LogP contribution >= 0.6 is 0 Å². The van der Waals surface area contributed by atoms with E-state index >= 15 is 0 Å². The average Bonchev–Trinajstić information content (AvgIpc) is 2.82. The summed E-state index contributed by atoms with van der Waals surface area (Å²) in [6.07, 6.45) is 0.407. The van der Waals surface area contributed by atoms with Crippen LogP contribution in [0.5, 0.6) is 5.75 Å². The molecule has 0 saturated heterocycles. The number of carboxylic acids is 1. The lowest BCUT2D eigenvalue weighted by molar-refractivity contribution is -0.139. The van der Waals surface area contributed by atoms with E-state index in [9.17, 15) is 22.0 Å². The summed E-state index contributed by atoms with van der Waals surface area (Å²) in [7, 11) is -2.49. The van der Waals surface area contributed by atoms with Crippen molar-refractivity contribution in [3.8, 4) is 16.9 Å².